The number of hydrogen-bond donors (Lipinski definition) is 2. The van der Waals surface area contributed by atoms with Crippen LogP contribution < -0.4 is 10.5 Å². The molecule has 3 atom stereocenters. The van der Waals surface area contributed by atoms with Crippen LogP contribution in [0.25, 0.3) is 0 Å². The van der Waals surface area contributed by atoms with Crippen molar-refractivity contribution in [2.24, 2.45) is 17.0 Å². The maximum absolute atomic E-state index is 11.5. The van der Waals surface area contributed by atoms with Crippen LogP contribution in [0.1, 0.15) is 18.4 Å². The molecule has 1 aromatic rings. The Balaban J connectivity index is 1.81. The highest BCUT2D eigenvalue weighted by atomic mass is 32.2. The van der Waals surface area contributed by atoms with Crippen LogP contribution in [-0.2, 0) is 10.0 Å². The summed E-state index contributed by atoms with van der Waals surface area (Å²) in [5.74, 6) is 1.37. The van der Waals surface area contributed by atoms with E-state index in [-0.39, 0.29) is 4.90 Å². The topological polar surface area (TPSA) is 72.2 Å². The molecule has 0 aliphatic heterocycles. The Morgan fingerprint density at radius 3 is 2.84 bits per heavy atom. The molecule has 3 unspecified atom stereocenters. The van der Waals surface area contributed by atoms with E-state index in [0.717, 1.165) is 18.0 Å². The predicted octanol–water partition coefficient (Wildman–Crippen LogP) is 2.02. The summed E-state index contributed by atoms with van der Waals surface area (Å²) < 4.78 is 23.0. The third-order valence-electron chi connectivity index (χ3n) is 4.21. The highest BCUT2D eigenvalue weighted by Crippen LogP contribution is 2.44. The number of fused-ring (bicyclic) bond motifs is 1. The molecule has 0 bridgehead atoms. The molecule has 1 saturated carbocycles. The van der Waals surface area contributed by atoms with Crippen molar-refractivity contribution < 1.29 is 8.42 Å². The Morgan fingerprint density at radius 1 is 1.37 bits per heavy atom. The summed E-state index contributed by atoms with van der Waals surface area (Å²) in [5.41, 5.74) is 1.51. The molecule has 0 amide bonds. The number of primary sulfonamides is 1. The fourth-order valence-electron chi connectivity index (χ4n) is 3.09. The first-order chi connectivity index (χ1) is 8.95. The molecule has 0 heterocycles. The summed E-state index contributed by atoms with van der Waals surface area (Å²) in [4.78, 5) is 0.204. The number of nitrogens with two attached hydrogens (primary N) is 1. The molecule has 19 heavy (non-hydrogen) atoms. The molecule has 1 aromatic carbocycles. The SMILES string of the molecule is Cc1ccc(NC2CC3CC=CC32)cc1S(N)(=O)=O. The fraction of sp³-hybridized carbons (Fsp3) is 0.429. The highest BCUT2D eigenvalue weighted by Gasteiger charge is 2.40. The Kier molecular flexibility index (Phi) is 2.91. The fourth-order valence-corrected chi connectivity index (χ4v) is 3.90. The van der Waals surface area contributed by atoms with Gasteiger partial charge in [0, 0.05) is 17.6 Å². The van der Waals surface area contributed by atoms with Crippen LogP contribution in [0.2, 0.25) is 0 Å². The van der Waals surface area contributed by atoms with Gasteiger partial charge in [0.05, 0.1) is 4.90 Å². The van der Waals surface area contributed by atoms with Crippen molar-refractivity contribution in [3.05, 3.63) is 35.9 Å². The van der Waals surface area contributed by atoms with Gasteiger partial charge in [-0.2, -0.15) is 0 Å². The number of sulfonamides is 1. The van der Waals surface area contributed by atoms with Crippen molar-refractivity contribution in [3.8, 4) is 0 Å². The van der Waals surface area contributed by atoms with Crippen molar-refractivity contribution in [1.29, 1.82) is 0 Å². The predicted molar refractivity (Wildman–Crippen MR) is 75.3 cm³/mol. The molecule has 5 heteroatoms. The maximum atomic E-state index is 11.5. The van der Waals surface area contributed by atoms with Gasteiger partial charge in [-0.15, -0.1) is 0 Å². The normalized spacial score (nSPS) is 28.8. The Labute approximate surface area is 113 Å². The third kappa shape index (κ3) is 2.28. The number of aryl methyl sites for hydroxylation is 1. The molecule has 3 rings (SSSR count). The monoisotopic (exact) mass is 278 g/mol. The zero-order chi connectivity index (χ0) is 13.6. The van der Waals surface area contributed by atoms with Crippen molar-refractivity contribution in [2.75, 3.05) is 5.32 Å². The zero-order valence-corrected chi connectivity index (χ0v) is 11.7. The lowest BCUT2D eigenvalue weighted by molar-refractivity contribution is 0.218. The summed E-state index contributed by atoms with van der Waals surface area (Å²) in [5, 5.41) is 8.64. The van der Waals surface area contributed by atoms with Gasteiger partial charge in [-0.05, 0) is 43.4 Å². The average Bonchev–Trinajstić information content (AvgIpc) is 2.68. The molecule has 0 aromatic heterocycles. The second kappa shape index (κ2) is 4.35. The smallest absolute Gasteiger partial charge is 0.238 e. The van der Waals surface area contributed by atoms with Crippen LogP contribution in [0.5, 0.6) is 0 Å². The first kappa shape index (κ1) is 12.7. The standard InChI is InChI=1S/C14H18N2O2S/c1-9-5-6-11(8-14(9)19(15,17)18)16-13-7-10-3-2-4-12(10)13/h2,4-6,8,10,12-13,16H,3,7H2,1H3,(H2,15,17,18). The number of nitrogens with one attached hydrogen (secondary N) is 1. The second-order valence-electron chi connectivity index (χ2n) is 5.51. The van der Waals surface area contributed by atoms with Gasteiger partial charge < -0.3 is 5.32 Å². The summed E-state index contributed by atoms with van der Waals surface area (Å²) in [6, 6.07) is 5.76. The van der Waals surface area contributed by atoms with E-state index in [1.807, 2.05) is 6.07 Å². The second-order valence-corrected chi connectivity index (χ2v) is 7.04. The molecule has 1 fully saturated rings. The largest absolute Gasteiger partial charge is 0.382 e. The molecule has 102 valence electrons. The van der Waals surface area contributed by atoms with Gasteiger partial charge in [-0.25, -0.2) is 13.6 Å². The molecule has 0 saturated heterocycles. The lowest BCUT2D eigenvalue weighted by Gasteiger charge is -2.41. The molecular formula is C14H18N2O2S. The van der Waals surface area contributed by atoms with Crippen LogP contribution in [0.15, 0.2) is 35.2 Å². The van der Waals surface area contributed by atoms with E-state index in [9.17, 15) is 8.42 Å². The van der Waals surface area contributed by atoms with E-state index < -0.39 is 10.0 Å². The van der Waals surface area contributed by atoms with Crippen molar-refractivity contribution in [2.45, 2.75) is 30.7 Å². The van der Waals surface area contributed by atoms with Gasteiger partial charge in [0.15, 0.2) is 0 Å². The van der Waals surface area contributed by atoms with Gasteiger partial charge in [-0.3, -0.25) is 0 Å². The van der Waals surface area contributed by atoms with Crippen LogP contribution >= 0.6 is 0 Å². The number of benzene rings is 1. The third-order valence-corrected chi connectivity index (χ3v) is 5.26. The van der Waals surface area contributed by atoms with Crippen LogP contribution in [0.4, 0.5) is 5.69 Å². The number of allylic oxidation sites excluding steroid dienone is 1. The Morgan fingerprint density at radius 2 is 2.16 bits per heavy atom. The van der Waals surface area contributed by atoms with Crippen LogP contribution in [0.3, 0.4) is 0 Å². The number of hydrogen-bond acceptors (Lipinski definition) is 3. The van der Waals surface area contributed by atoms with Crippen LogP contribution in [0, 0.1) is 18.8 Å². The maximum Gasteiger partial charge on any atom is 0.238 e. The Bertz CT molecular complexity index is 637. The lowest BCUT2D eigenvalue weighted by Crippen LogP contribution is -2.43. The molecule has 2 aliphatic rings. The average molecular weight is 278 g/mol. The summed E-state index contributed by atoms with van der Waals surface area (Å²) in [6.45, 7) is 1.75. The summed E-state index contributed by atoms with van der Waals surface area (Å²) in [7, 11) is -3.65. The van der Waals surface area contributed by atoms with Gasteiger partial charge in [0.1, 0.15) is 0 Å². The minimum Gasteiger partial charge on any atom is -0.382 e. The van der Waals surface area contributed by atoms with Crippen LogP contribution in [-0.4, -0.2) is 14.5 Å². The molecule has 0 spiro atoms. The first-order valence-corrected chi connectivity index (χ1v) is 8.06. The molecule has 0 radical (unpaired) electrons. The van der Waals surface area contributed by atoms with Gasteiger partial charge in [0.2, 0.25) is 10.0 Å². The van der Waals surface area contributed by atoms with Crippen molar-refractivity contribution >= 4 is 15.7 Å². The zero-order valence-electron chi connectivity index (χ0n) is 10.8. The molecule has 4 nitrogen and oxygen atoms in total. The molecular weight excluding hydrogens is 260 g/mol. The minimum atomic E-state index is -3.65. The number of rotatable bonds is 3. The van der Waals surface area contributed by atoms with E-state index >= 15 is 0 Å². The lowest BCUT2D eigenvalue weighted by atomic mass is 9.71. The van der Waals surface area contributed by atoms with Gasteiger partial charge in [-0.1, -0.05) is 18.2 Å². The minimum absolute atomic E-state index is 0.204. The van der Waals surface area contributed by atoms with Crippen molar-refractivity contribution in [1.82, 2.24) is 0 Å². The van der Waals surface area contributed by atoms with Gasteiger partial charge >= 0.3 is 0 Å². The van der Waals surface area contributed by atoms with Crippen molar-refractivity contribution in [3.63, 3.8) is 0 Å². The van der Waals surface area contributed by atoms with E-state index in [0.29, 0.717) is 17.5 Å². The number of anilines is 1. The van der Waals surface area contributed by atoms with E-state index in [2.05, 4.69) is 17.5 Å². The van der Waals surface area contributed by atoms with Gasteiger partial charge in [0.25, 0.3) is 0 Å². The van der Waals surface area contributed by atoms with E-state index in [1.165, 1.54) is 6.42 Å². The summed E-state index contributed by atoms with van der Waals surface area (Å²) >= 11 is 0. The first-order valence-electron chi connectivity index (χ1n) is 6.52. The quantitative estimate of drug-likeness (QED) is 0.831. The Hall–Kier alpha value is -1.33. The van der Waals surface area contributed by atoms with E-state index in [1.54, 1.807) is 19.1 Å². The molecule has 2 aliphatic carbocycles. The summed E-state index contributed by atoms with van der Waals surface area (Å²) in [6.07, 6.45) is 6.83. The molecule has 3 N–H and O–H groups in total. The highest BCUT2D eigenvalue weighted by molar-refractivity contribution is 7.89. The van der Waals surface area contributed by atoms with E-state index in [4.69, 9.17) is 5.14 Å².